The van der Waals surface area contributed by atoms with E-state index in [1.165, 1.54) is 56.3 Å². The van der Waals surface area contributed by atoms with Crippen molar-refractivity contribution in [1.82, 2.24) is 0 Å². The maximum Gasteiger partial charge on any atom is 2.00 e. The van der Waals surface area contributed by atoms with Crippen LogP contribution in [0.1, 0.15) is 64.5 Å². The Hall–Kier alpha value is -1.25. The minimum Gasteiger partial charge on any atom is -0.324 e. The predicted octanol–water partition coefficient (Wildman–Crippen LogP) is 5.24. The van der Waals surface area contributed by atoms with E-state index in [2.05, 4.69) is 90.3 Å². The molecule has 2 rings (SSSR count). The van der Waals surface area contributed by atoms with Crippen molar-refractivity contribution < 1.29 is 21.0 Å². The Kier molecular flexibility index (Phi) is 24.2. The Morgan fingerprint density at radius 1 is 0.579 bits per heavy atom. The van der Waals surface area contributed by atoms with Crippen LogP contribution in [0, 0.1) is 22.7 Å². The first-order valence-corrected chi connectivity index (χ1v) is 14.9. The quantitative estimate of drug-likeness (QED) is 0.155. The van der Waals surface area contributed by atoms with Gasteiger partial charge >= 0.3 is 25.0 Å². The second kappa shape index (κ2) is 23.6. The van der Waals surface area contributed by atoms with Crippen LogP contribution in [0.15, 0.2) is 69.1 Å². The van der Waals surface area contributed by atoms with Gasteiger partial charge in [-0.1, -0.05) is 88.4 Å². The summed E-state index contributed by atoms with van der Waals surface area (Å²) in [6.07, 6.45) is 5.33. The van der Waals surface area contributed by atoms with Gasteiger partial charge < -0.3 is 4.48 Å². The third-order valence-electron chi connectivity index (χ3n) is 5.64. The summed E-state index contributed by atoms with van der Waals surface area (Å²) in [5.41, 5.74) is 3.01. The zero-order valence-electron chi connectivity index (χ0n) is 23.1. The summed E-state index contributed by atoms with van der Waals surface area (Å²) < 4.78 is 2.72. The Labute approximate surface area is 263 Å². The number of quaternary nitrogens is 1. The Bertz CT molecular complexity index is 934. The van der Waals surface area contributed by atoms with Crippen molar-refractivity contribution in [2.45, 2.75) is 53.4 Å². The number of nitrogens with zero attached hydrogens (tertiary/aromatic N) is 3. The van der Waals surface area contributed by atoms with Crippen LogP contribution in [0.5, 0.6) is 0 Å². The first-order valence-electron chi connectivity index (χ1n) is 12.9. The van der Waals surface area contributed by atoms with Gasteiger partial charge in [0.1, 0.15) is 12.1 Å². The molecule has 0 aliphatic heterocycles. The third kappa shape index (κ3) is 15.4. The van der Waals surface area contributed by atoms with Crippen LogP contribution in [0.4, 0.5) is 0 Å². The summed E-state index contributed by atoms with van der Waals surface area (Å²) in [5, 5.41) is 17.6. The zero-order valence-corrected chi connectivity index (χ0v) is 28.1. The molecule has 208 valence electrons. The van der Waals surface area contributed by atoms with E-state index in [4.69, 9.17) is 10.5 Å². The third-order valence-corrected chi connectivity index (χ3v) is 6.64. The fraction of sp³-hybridized carbons (Fsp3) is 0.400. The van der Waals surface area contributed by atoms with Gasteiger partial charge in [0.2, 0.25) is 0 Å². The minimum atomic E-state index is 0. The number of rotatable bonds is 10. The monoisotopic (exact) mass is 634 g/mol. The molecule has 0 heterocycles. The number of hydrogen-bond donors (Lipinski definition) is 0. The second-order valence-corrected chi connectivity index (χ2v) is 11.7. The molecule has 0 saturated carbocycles. The number of nitriles is 2. The summed E-state index contributed by atoms with van der Waals surface area (Å²) in [6, 6.07) is 23.2. The van der Waals surface area contributed by atoms with Crippen molar-refractivity contribution in [3.63, 3.8) is 0 Å². The Morgan fingerprint density at radius 3 is 1.03 bits per heavy atom. The van der Waals surface area contributed by atoms with Gasteiger partial charge in [-0.25, -0.2) is 0 Å². The molecule has 0 bridgehead atoms. The van der Waals surface area contributed by atoms with E-state index in [0.717, 1.165) is 11.1 Å². The van der Waals surface area contributed by atoms with Crippen LogP contribution >= 0.6 is 0 Å². The van der Waals surface area contributed by atoms with Gasteiger partial charge in [-0.15, -0.1) is 0 Å². The molecular weight excluding hydrogens is 589 g/mol. The molecule has 38 heavy (non-hydrogen) atoms. The van der Waals surface area contributed by atoms with Crippen LogP contribution in [0.25, 0.3) is 11.1 Å². The first kappa shape index (κ1) is 38.9. The standard InChI is InChI=1S/C12H28N.2C9H7NS2.Ni/c1-5-9-13(10-6-2,11-7-3)12-8-4;2*10-6-8(9(11)12)7-4-2-1-3-5-7;/h5-12H2,1-4H3;2*1-5,11-12H;/q+1;;;+2/p+4. The first-order chi connectivity index (χ1) is 17.7. The van der Waals surface area contributed by atoms with E-state index in [9.17, 15) is 0 Å². The molecule has 0 aliphatic rings. The van der Waals surface area contributed by atoms with Gasteiger partial charge in [-0.05, 0) is 25.7 Å². The molecule has 0 aliphatic carbocycles. The maximum atomic E-state index is 8.78. The van der Waals surface area contributed by atoms with E-state index in [1.807, 2.05) is 60.7 Å². The van der Waals surface area contributed by atoms with Crippen molar-refractivity contribution in [3.05, 3.63) is 80.3 Å². The van der Waals surface area contributed by atoms with E-state index in [0.29, 0.717) is 19.6 Å². The molecule has 0 amide bonds. The summed E-state index contributed by atoms with van der Waals surface area (Å²) >= 11 is 13.0. The SMILES string of the molecule is CCC[N+](CCC)(CCC)CCC.N#CC(=C([SH2+])[SH2+])c1ccccc1.N#CC(=C([SH2+])[SH2+])c1ccccc1.[Ni+2]. The predicted molar refractivity (Wildman–Crippen MR) is 179 cm³/mol. The maximum absolute atomic E-state index is 8.78. The van der Waals surface area contributed by atoms with Crippen molar-refractivity contribution in [1.29, 1.82) is 10.5 Å². The number of hydrogen-bond acceptors (Lipinski definition) is 2. The summed E-state index contributed by atoms with van der Waals surface area (Å²) in [5.74, 6) is 0. The van der Waals surface area contributed by atoms with Crippen molar-refractivity contribution >= 4 is 61.7 Å². The van der Waals surface area contributed by atoms with Crippen molar-refractivity contribution in [2.75, 3.05) is 26.2 Å². The molecule has 0 fully saturated rings. The molecule has 0 unspecified atom stereocenters. The average molecular weight is 636 g/mol. The molecule has 0 spiro atoms. The summed E-state index contributed by atoms with van der Waals surface area (Å²) in [4.78, 5) is 0. The summed E-state index contributed by atoms with van der Waals surface area (Å²) in [7, 11) is 0. The average Bonchev–Trinajstić information content (AvgIpc) is 2.87. The van der Waals surface area contributed by atoms with Crippen LogP contribution in [-0.2, 0) is 67.0 Å². The van der Waals surface area contributed by atoms with Gasteiger partial charge in [-0.3, -0.25) is 0 Å². The van der Waals surface area contributed by atoms with E-state index >= 15 is 0 Å². The van der Waals surface area contributed by atoms with Crippen LogP contribution in [-0.4, -0.2) is 30.7 Å². The smallest absolute Gasteiger partial charge is 0.324 e. The molecule has 3 nitrogen and oxygen atoms in total. The van der Waals surface area contributed by atoms with E-state index < -0.39 is 0 Å². The molecule has 0 N–H and O–H groups in total. The van der Waals surface area contributed by atoms with Crippen LogP contribution < -0.4 is 0 Å². The topological polar surface area (TPSA) is 47.6 Å². The molecule has 0 aromatic heterocycles. The fourth-order valence-corrected chi connectivity index (χ4v) is 5.11. The van der Waals surface area contributed by atoms with Gasteiger partial charge in [0, 0.05) is 61.6 Å². The Morgan fingerprint density at radius 2 is 0.842 bits per heavy atom. The number of benzene rings is 2. The molecule has 2 aromatic carbocycles. The zero-order chi connectivity index (χ0) is 28.1. The fourth-order valence-electron chi connectivity index (χ4n) is 4.31. The largest absolute Gasteiger partial charge is 2.00 e. The van der Waals surface area contributed by atoms with Crippen LogP contribution in [0.2, 0.25) is 0 Å². The van der Waals surface area contributed by atoms with Crippen molar-refractivity contribution in [3.8, 4) is 12.1 Å². The molecule has 2 aromatic rings. The van der Waals surface area contributed by atoms with Gasteiger partial charge in [0.15, 0.2) is 11.1 Å². The van der Waals surface area contributed by atoms with Crippen molar-refractivity contribution in [2.24, 2.45) is 0 Å². The number of allylic oxidation sites excluding steroid dienone is 2. The van der Waals surface area contributed by atoms with Crippen LogP contribution in [0.3, 0.4) is 0 Å². The van der Waals surface area contributed by atoms with Gasteiger partial charge in [0.05, 0.1) is 26.2 Å². The summed E-state index contributed by atoms with van der Waals surface area (Å²) in [6.45, 7) is 14.8. The molecule has 0 saturated heterocycles. The minimum absolute atomic E-state index is 0. The Balaban J connectivity index is 0. The van der Waals surface area contributed by atoms with E-state index in [1.54, 1.807) is 0 Å². The molecule has 0 radical (unpaired) electrons. The normalized spacial score (nSPS) is 9.63. The molecule has 0 atom stereocenters. The molecular formula is C30H46N3NiS4+7. The van der Waals surface area contributed by atoms with Gasteiger partial charge in [-0.2, -0.15) is 10.5 Å². The second-order valence-electron chi connectivity index (χ2n) is 8.69. The van der Waals surface area contributed by atoms with Gasteiger partial charge in [0.25, 0.3) is 0 Å². The van der Waals surface area contributed by atoms with E-state index in [-0.39, 0.29) is 16.5 Å². The molecule has 8 heteroatoms.